The third-order valence-electron chi connectivity index (χ3n) is 2.75. The second-order valence-electron chi connectivity index (χ2n) is 4.34. The average molecular weight is 275 g/mol. The molecular formula is C12H27N4Ti-. The smallest absolute Gasteiger partial charge is 0 e. The first-order valence-corrected chi connectivity index (χ1v) is 6.75. The van der Waals surface area contributed by atoms with Gasteiger partial charge in [0.1, 0.15) is 0 Å². The molecule has 0 aliphatic carbocycles. The van der Waals surface area contributed by atoms with Crippen LogP contribution in [0.2, 0.25) is 0 Å². The zero-order chi connectivity index (χ0) is 11.3. The van der Waals surface area contributed by atoms with Crippen molar-refractivity contribution < 1.29 is 21.7 Å². The van der Waals surface area contributed by atoms with Crippen LogP contribution < -0.4 is 16.0 Å². The van der Waals surface area contributed by atoms with Crippen LogP contribution in [-0.4, -0.2) is 52.4 Å². The third-order valence-corrected chi connectivity index (χ3v) is 2.75. The zero-order valence-electron chi connectivity index (χ0n) is 10.9. The molecule has 1 saturated heterocycles. The first kappa shape index (κ1) is 17.6. The van der Waals surface area contributed by atoms with Crippen LogP contribution in [0.3, 0.4) is 0 Å². The summed E-state index contributed by atoms with van der Waals surface area (Å²) < 4.78 is 0. The molecule has 0 aromatic rings. The molecule has 1 aliphatic heterocycles. The molecule has 4 nitrogen and oxygen atoms in total. The minimum absolute atomic E-state index is 0. The van der Waals surface area contributed by atoms with Crippen LogP contribution in [0, 0.1) is 0 Å². The van der Waals surface area contributed by atoms with Gasteiger partial charge in [-0.3, -0.25) is 0 Å². The Kier molecular flexibility index (Phi) is 15.1. The second kappa shape index (κ2) is 14.6. The van der Waals surface area contributed by atoms with Crippen molar-refractivity contribution in [3.63, 3.8) is 0 Å². The van der Waals surface area contributed by atoms with Crippen molar-refractivity contribution in [2.75, 3.05) is 52.4 Å². The molecule has 5 heteroatoms. The quantitative estimate of drug-likeness (QED) is 0.570. The average Bonchev–Trinajstić information content (AvgIpc) is 2.29. The fourth-order valence-corrected chi connectivity index (χ4v) is 1.80. The van der Waals surface area contributed by atoms with Gasteiger partial charge in [0.2, 0.25) is 0 Å². The minimum Gasteiger partial charge on any atom is -0.662 e. The van der Waals surface area contributed by atoms with E-state index in [1.54, 1.807) is 0 Å². The molecule has 3 N–H and O–H groups in total. The van der Waals surface area contributed by atoms with Gasteiger partial charge in [-0.1, -0.05) is 12.8 Å². The van der Waals surface area contributed by atoms with Gasteiger partial charge in [-0.2, -0.15) is 0 Å². The van der Waals surface area contributed by atoms with Gasteiger partial charge in [0, 0.05) is 21.7 Å². The molecule has 1 rings (SSSR count). The maximum absolute atomic E-state index is 4.51. The van der Waals surface area contributed by atoms with E-state index < -0.39 is 0 Å². The minimum atomic E-state index is 0. The SMILES string of the molecule is C1C[N-]CCCNCCCNCCCNC1.[Ti]. The molecule has 100 valence electrons. The molecule has 0 atom stereocenters. The van der Waals surface area contributed by atoms with Crippen LogP contribution in [-0.2, 0) is 21.7 Å². The third kappa shape index (κ3) is 12.8. The molecule has 0 amide bonds. The van der Waals surface area contributed by atoms with Gasteiger partial charge >= 0.3 is 0 Å². The summed E-state index contributed by atoms with van der Waals surface area (Å²) in [5.41, 5.74) is 0. The molecule has 1 heterocycles. The number of hydrogen-bond acceptors (Lipinski definition) is 3. The molecule has 0 aromatic carbocycles. The van der Waals surface area contributed by atoms with E-state index in [9.17, 15) is 0 Å². The Morgan fingerprint density at radius 2 is 0.882 bits per heavy atom. The summed E-state index contributed by atoms with van der Waals surface area (Å²) in [7, 11) is 0. The summed E-state index contributed by atoms with van der Waals surface area (Å²) in [5.74, 6) is 0. The Bertz CT molecular complexity index is 82.5. The van der Waals surface area contributed by atoms with Crippen molar-refractivity contribution in [1.29, 1.82) is 0 Å². The molecular weight excluding hydrogens is 248 g/mol. The second-order valence-corrected chi connectivity index (χ2v) is 4.34. The Morgan fingerprint density at radius 3 is 1.29 bits per heavy atom. The van der Waals surface area contributed by atoms with Crippen LogP contribution in [0.5, 0.6) is 0 Å². The van der Waals surface area contributed by atoms with Gasteiger partial charge in [0.05, 0.1) is 0 Å². The summed E-state index contributed by atoms with van der Waals surface area (Å²) in [5, 5.41) is 14.9. The van der Waals surface area contributed by atoms with Gasteiger partial charge in [0.25, 0.3) is 0 Å². The van der Waals surface area contributed by atoms with Gasteiger partial charge in [-0.05, 0) is 52.1 Å². The van der Waals surface area contributed by atoms with E-state index in [0.29, 0.717) is 0 Å². The number of nitrogens with one attached hydrogen (secondary N) is 3. The van der Waals surface area contributed by atoms with E-state index in [1.165, 1.54) is 25.7 Å². The van der Waals surface area contributed by atoms with Crippen molar-refractivity contribution in [1.82, 2.24) is 16.0 Å². The van der Waals surface area contributed by atoms with Crippen LogP contribution >= 0.6 is 0 Å². The van der Waals surface area contributed by atoms with Crippen LogP contribution in [0.4, 0.5) is 0 Å². The Hall–Kier alpha value is 0.554. The van der Waals surface area contributed by atoms with Gasteiger partial charge < -0.3 is 21.3 Å². The largest absolute Gasteiger partial charge is 0.662 e. The van der Waals surface area contributed by atoms with Gasteiger partial charge in [-0.25, -0.2) is 0 Å². The summed E-state index contributed by atoms with van der Waals surface area (Å²) in [6.45, 7) is 8.80. The van der Waals surface area contributed by atoms with Crippen molar-refractivity contribution in [2.45, 2.75) is 25.7 Å². The molecule has 17 heavy (non-hydrogen) atoms. The molecule has 0 radical (unpaired) electrons. The fraction of sp³-hybridized carbons (Fsp3) is 1.00. The van der Waals surface area contributed by atoms with Crippen LogP contribution in [0.25, 0.3) is 5.32 Å². The van der Waals surface area contributed by atoms with E-state index in [2.05, 4.69) is 21.3 Å². The summed E-state index contributed by atoms with van der Waals surface area (Å²) >= 11 is 0. The van der Waals surface area contributed by atoms with Gasteiger partial charge in [-0.15, -0.1) is 13.1 Å². The molecule has 0 spiro atoms. The molecule has 0 aromatic heterocycles. The Labute approximate surface area is 121 Å². The van der Waals surface area contributed by atoms with Crippen molar-refractivity contribution in [3.8, 4) is 0 Å². The maximum Gasteiger partial charge on any atom is 0 e. The number of nitrogens with zero attached hydrogens (tertiary/aromatic N) is 1. The van der Waals surface area contributed by atoms with Crippen molar-refractivity contribution >= 4 is 0 Å². The fourth-order valence-electron chi connectivity index (χ4n) is 1.80. The molecule has 1 aliphatic rings. The molecule has 0 bridgehead atoms. The predicted molar refractivity (Wildman–Crippen MR) is 70.2 cm³/mol. The van der Waals surface area contributed by atoms with Crippen LogP contribution in [0.1, 0.15) is 25.7 Å². The Morgan fingerprint density at radius 1 is 0.529 bits per heavy atom. The van der Waals surface area contributed by atoms with E-state index in [1.807, 2.05) is 0 Å². The first-order chi connectivity index (χ1) is 8.00. The van der Waals surface area contributed by atoms with Gasteiger partial charge in [0.15, 0.2) is 0 Å². The maximum atomic E-state index is 4.51. The van der Waals surface area contributed by atoms with E-state index in [4.69, 9.17) is 0 Å². The summed E-state index contributed by atoms with van der Waals surface area (Å²) in [4.78, 5) is 0. The number of hydrogen-bond donors (Lipinski definition) is 3. The Balaban J connectivity index is 0.00000256. The molecule has 0 unspecified atom stereocenters. The van der Waals surface area contributed by atoms with E-state index in [-0.39, 0.29) is 21.7 Å². The normalized spacial score (nSPS) is 22.6. The molecule has 0 saturated carbocycles. The first-order valence-electron chi connectivity index (χ1n) is 6.75. The zero-order valence-corrected chi connectivity index (χ0v) is 12.5. The van der Waals surface area contributed by atoms with E-state index >= 15 is 0 Å². The standard InChI is InChI=1S/C12H27N4.Ti/c1-5-13-7-2-9-15-11-4-12-16-10-3-8-14-6-1;/h13-15H,1-12H2;/q-1;. The topological polar surface area (TPSA) is 50.2 Å². The summed E-state index contributed by atoms with van der Waals surface area (Å²) in [6, 6.07) is 0. The monoisotopic (exact) mass is 275 g/mol. The summed E-state index contributed by atoms with van der Waals surface area (Å²) in [6.07, 6.45) is 4.82. The number of rotatable bonds is 0. The van der Waals surface area contributed by atoms with Crippen LogP contribution in [0.15, 0.2) is 0 Å². The van der Waals surface area contributed by atoms with E-state index in [0.717, 1.165) is 52.4 Å². The van der Waals surface area contributed by atoms with Crippen molar-refractivity contribution in [3.05, 3.63) is 5.32 Å². The molecule has 1 fully saturated rings. The van der Waals surface area contributed by atoms with Crippen molar-refractivity contribution in [2.24, 2.45) is 0 Å². The predicted octanol–water partition coefficient (Wildman–Crippen LogP) is 0.700.